The van der Waals surface area contributed by atoms with E-state index in [1.165, 1.54) is 54.6 Å². The first-order valence-corrected chi connectivity index (χ1v) is 12.9. The van der Waals surface area contributed by atoms with Gasteiger partial charge in [0.05, 0.1) is 14.7 Å². The minimum atomic E-state index is -4.19. The summed E-state index contributed by atoms with van der Waals surface area (Å²) in [5.74, 6) is 0. The predicted molar refractivity (Wildman–Crippen MR) is 111 cm³/mol. The maximum atomic E-state index is 12.1. The molecule has 0 saturated heterocycles. The van der Waals surface area contributed by atoms with Crippen molar-refractivity contribution in [3.63, 3.8) is 0 Å². The summed E-state index contributed by atoms with van der Waals surface area (Å²) in [5.41, 5.74) is 0.551. The van der Waals surface area contributed by atoms with Crippen molar-refractivity contribution in [2.45, 2.75) is 14.7 Å². The lowest BCUT2D eigenvalue weighted by Gasteiger charge is -2.16. The third-order valence-electron chi connectivity index (χ3n) is 4.29. The van der Waals surface area contributed by atoms with Gasteiger partial charge in [-0.2, -0.15) is 0 Å². The van der Waals surface area contributed by atoms with Crippen molar-refractivity contribution < 1.29 is 25.3 Å². The van der Waals surface area contributed by atoms with Crippen LogP contribution >= 0.6 is 0 Å². The van der Waals surface area contributed by atoms with Gasteiger partial charge in [-0.1, -0.05) is 42.5 Å². The molecule has 0 atom stereocenters. The van der Waals surface area contributed by atoms with Crippen LogP contribution < -0.4 is 15.4 Å². The molecule has 0 spiro atoms. The maximum absolute atomic E-state index is 12.1. The van der Waals surface area contributed by atoms with E-state index in [1.807, 2.05) is 0 Å². The van der Waals surface area contributed by atoms with E-state index in [0.717, 1.165) is 6.07 Å². The minimum absolute atomic E-state index is 0.0738. The Hall–Kier alpha value is -2.61. The quantitative estimate of drug-likeness (QED) is 0.502. The van der Waals surface area contributed by atoms with Crippen molar-refractivity contribution in [2.24, 2.45) is 15.4 Å². The zero-order valence-electron chi connectivity index (χ0n) is 15.3. The van der Waals surface area contributed by atoms with E-state index in [0.29, 0.717) is 0 Å². The number of rotatable bonds is 5. The highest BCUT2D eigenvalue weighted by molar-refractivity contribution is 7.89. The molecule has 0 amide bonds. The van der Waals surface area contributed by atoms with Crippen LogP contribution in [-0.4, -0.2) is 25.3 Å². The van der Waals surface area contributed by atoms with Crippen molar-refractivity contribution in [3.05, 3.63) is 66.7 Å². The number of sulfonamides is 3. The Morgan fingerprint density at radius 3 is 1.33 bits per heavy atom. The molecule has 0 bridgehead atoms. The monoisotopic (exact) mass is 467 g/mol. The largest absolute Gasteiger partial charge is 0.238 e. The second-order valence-electron chi connectivity index (χ2n) is 6.33. The lowest BCUT2D eigenvalue weighted by atomic mass is 9.94. The molecule has 0 aliphatic carbocycles. The van der Waals surface area contributed by atoms with Crippen molar-refractivity contribution in [2.75, 3.05) is 0 Å². The third-order valence-corrected chi connectivity index (χ3v) is 7.14. The normalized spacial score (nSPS) is 12.6. The molecule has 6 N–H and O–H groups in total. The molecule has 0 fully saturated rings. The number of benzene rings is 3. The van der Waals surface area contributed by atoms with Gasteiger partial charge in [-0.15, -0.1) is 0 Å². The van der Waals surface area contributed by atoms with E-state index in [1.54, 1.807) is 6.07 Å². The van der Waals surface area contributed by atoms with Crippen LogP contribution in [-0.2, 0) is 30.1 Å². The zero-order chi connectivity index (χ0) is 22.3. The Labute approximate surface area is 174 Å². The SMILES string of the molecule is NS(=O)(=O)c1ccc(-c2ccccc2S(N)(=O)=O)c(-c2ccccc2S(N)(=O)=O)c1. The average molecular weight is 468 g/mol. The summed E-state index contributed by atoms with van der Waals surface area (Å²) in [6.45, 7) is 0. The van der Waals surface area contributed by atoms with Crippen LogP contribution in [0.5, 0.6) is 0 Å². The van der Waals surface area contributed by atoms with E-state index < -0.39 is 30.1 Å². The van der Waals surface area contributed by atoms with Gasteiger partial charge in [0.25, 0.3) is 0 Å². The van der Waals surface area contributed by atoms with E-state index in [-0.39, 0.29) is 36.9 Å². The molecule has 12 heteroatoms. The van der Waals surface area contributed by atoms with Crippen molar-refractivity contribution in [3.8, 4) is 22.3 Å². The highest BCUT2D eigenvalue weighted by Crippen LogP contribution is 2.38. The molecule has 0 aliphatic rings. The van der Waals surface area contributed by atoms with Gasteiger partial charge in [0.2, 0.25) is 30.1 Å². The standard InChI is InChI=1S/C18H17N3O6S3/c19-28(22,23)12-9-10-13(14-5-1-3-7-17(14)29(20,24)25)16(11-12)15-6-2-4-8-18(15)30(21,26)27/h1-11H,(H2,19,22,23)(H2,20,24,25)(H2,21,26,27). The molecule has 9 nitrogen and oxygen atoms in total. The molecule has 0 saturated carbocycles. The number of nitrogens with two attached hydrogens (primary N) is 3. The maximum Gasteiger partial charge on any atom is 0.238 e. The van der Waals surface area contributed by atoms with E-state index >= 15 is 0 Å². The molecule has 0 unspecified atom stereocenters. The smallest absolute Gasteiger partial charge is 0.225 e. The topological polar surface area (TPSA) is 180 Å². The summed E-state index contributed by atoms with van der Waals surface area (Å²) in [6, 6.07) is 15.1. The lowest BCUT2D eigenvalue weighted by Crippen LogP contribution is -2.15. The molecular weight excluding hydrogens is 450 g/mol. The highest BCUT2D eigenvalue weighted by Gasteiger charge is 2.23. The Morgan fingerprint density at radius 1 is 0.467 bits per heavy atom. The van der Waals surface area contributed by atoms with Gasteiger partial charge in [-0.3, -0.25) is 0 Å². The van der Waals surface area contributed by atoms with Gasteiger partial charge >= 0.3 is 0 Å². The first-order valence-electron chi connectivity index (χ1n) is 8.21. The summed E-state index contributed by atoms with van der Waals surface area (Å²) >= 11 is 0. The predicted octanol–water partition coefficient (Wildman–Crippen LogP) is 0.963. The van der Waals surface area contributed by atoms with Gasteiger partial charge in [-0.25, -0.2) is 40.7 Å². The summed E-state index contributed by atoms with van der Waals surface area (Å²) < 4.78 is 72.1. The molecular formula is C18H17N3O6S3. The fourth-order valence-electron chi connectivity index (χ4n) is 3.03. The van der Waals surface area contributed by atoms with Crippen LogP contribution in [0.15, 0.2) is 81.4 Å². The molecule has 3 aromatic carbocycles. The first-order chi connectivity index (χ1) is 13.8. The summed E-state index contributed by atoms with van der Waals surface area (Å²) in [4.78, 5) is -0.785. The van der Waals surface area contributed by atoms with Crippen LogP contribution in [0, 0.1) is 0 Å². The van der Waals surface area contributed by atoms with E-state index in [9.17, 15) is 25.3 Å². The molecule has 0 heterocycles. The second kappa shape index (κ2) is 7.58. The molecule has 3 rings (SSSR count). The van der Waals surface area contributed by atoms with Gasteiger partial charge in [-0.05, 0) is 35.4 Å². The molecule has 0 radical (unpaired) electrons. The fraction of sp³-hybridized carbons (Fsp3) is 0. The Balaban J connectivity index is 2.49. The van der Waals surface area contributed by atoms with Gasteiger partial charge in [0.1, 0.15) is 0 Å². The number of hydrogen-bond acceptors (Lipinski definition) is 6. The molecule has 0 aliphatic heterocycles. The Morgan fingerprint density at radius 2 is 0.900 bits per heavy atom. The highest BCUT2D eigenvalue weighted by atomic mass is 32.2. The van der Waals surface area contributed by atoms with Crippen LogP contribution in [0.3, 0.4) is 0 Å². The van der Waals surface area contributed by atoms with Crippen LogP contribution in [0.4, 0.5) is 0 Å². The van der Waals surface area contributed by atoms with Crippen molar-refractivity contribution in [1.29, 1.82) is 0 Å². The second-order valence-corrected chi connectivity index (χ2v) is 11.0. The Bertz CT molecular complexity index is 1460. The molecule has 158 valence electrons. The van der Waals surface area contributed by atoms with Crippen LogP contribution in [0.2, 0.25) is 0 Å². The van der Waals surface area contributed by atoms with Crippen molar-refractivity contribution in [1.82, 2.24) is 0 Å². The van der Waals surface area contributed by atoms with Gasteiger partial charge < -0.3 is 0 Å². The van der Waals surface area contributed by atoms with Gasteiger partial charge in [0.15, 0.2) is 0 Å². The van der Waals surface area contributed by atoms with Crippen LogP contribution in [0.1, 0.15) is 0 Å². The van der Waals surface area contributed by atoms with E-state index in [4.69, 9.17) is 15.4 Å². The van der Waals surface area contributed by atoms with Crippen LogP contribution in [0.25, 0.3) is 22.3 Å². The average Bonchev–Trinajstić information content (AvgIpc) is 2.65. The zero-order valence-corrected chi connectivity index (χ0v) is 17.7. The van der Waals surface area contributed by atoms with E-state index in [2.05, 4.69) is 0 Å². The minimum Gasteiger partial charge on any atom is -0.225 e. The molecule has 3 aromatic rings. The Kier molecular flexibility index (Phi) is 5.58. The number of hydrogen-bond donors (Lipinski definition) is 3. The molecule has 0 aromatic heterocycles. The first kappa shape index (κ1) is 22.1. The summed E-state index contributed by atoms with van der Waals surface area (Å²) in [6.07, 6.45) is 0. The summed E-state index contributed by atoms with van der Waals surface area (Å²) in [5, 5.41) is 15.9. The third kappa shape index (κ3) is 4.43. The summed E-state index contributed by atoms with van der Waals surface area (Å²) in [7, 11) is -12.5. The number of primary sulfonamides is 3. The molecule has 30 heavy (non-hydrogen) atoms. The van der Waals surface area contributed by atoms with Gasteiger partial charge in [0, 0.05) is 11.1 Å². The van der Waals surface area contributed by atoms with Crippen molar-refractivity contribution >= 4 is 30.1 Å². The fourth-order valence-corrected chi connectivity index (χ4v) is 5.08. The lowest BCUT2D eigenvalue weighted by molar-refractivity contribution is 0.596.